The molecular weight excluding hydrogens is 150 g/mol. The molecular formula is C5H7N3OS. The highest BCUT2D eigenvalue weighted by Crippen LogP contribution is 1.98. The molecule has 2 N–H and O–H groups in total. The second-order valence-electron chi connectivity index (χ2n) is 1.70. The van der Waals surface area contributed by atoms with Gasteiger partial charge in [-0.15, -0.1) is 12.6 Å². The number of thiol groups is 1. The summed E-state index contributed by atoms with van der Waals surface area (Å²) in [5, 5.41) is 3.05. The van der Waals surface area contributed by atoms with Crippen LogP contribution in [0.15, 0.2) is 16.0 Å². The standard InChI is InChI=1S/C5H7N3OS/c1-6-3-2-4(9)8-5(10)7-3/h2H,1H3,(H3,6,7,8,9,10). The molecule has 4 nitrogen and oxygen atoms in total. The predicted molar refractivity (Wildman–Crippen MR) is 41.7 cm³/mol. The van der Waals surface area contributed by atoms with E-state index < -0.39 is 0 Å². The molecule has 1 heterocycles. The number of anilines is 1. The Balaban J connectivity index is 3.19. The number of aromatic amines is 1. The van der Waals surface area contributed by atoms with Gasteiger partial charge in [-0.1, -0.05) is 0 Å². The fourth-order valence-corrected chi connectivity index (χ4v) is 0.791. The van der Waals surface area contributed by atoms with Gasteiger partial charge in [-0.2, -0.15) is 0 Å². The third-order valence-corrected chi connectivity index (χ3v) is 1.20. The Labute approximate surface area is 63.1 Å². The Morgan fingerprint density at radius 1 is 1.80 bits per heavy atom. The van der Waals surface area contributed by atoms with Crippen molar-refractivity contribution < 1.29 is 0 Å². The van der Waals surface area contributed by atoms with Crippen molar-refractivity contribution in [1.29, 1.82) is 0 Å². The molecule has 0 atom stereocenters. The summed E-state index contributed by atoms with van der Waals surface area (Å²) in [5.41, 5.74) is -0.204. The summed E-state index contributed by atoms with van der Waals surface area (Å²) in [4.78, 5) is 16.9. The number of nitrogens with zero attached hydrogens (tertiary/aromatic N) is 1. The maximum Gasteiger partial charge on any atom is 0.253 e. The summed E-state index contributed by atoms with van der Waals surface area (Å²) in [6.07, 6.45) is 0. The summed E-state index contributed by atoms with van der Waals surface area (Å²) >= 11 is 3.87. The summed E-state index contributed by atoms with van der Waals surface area (Å²) in [7, 11) is 1.69. The first-order valence-corrected chi connectivity index (χ1v) is 3.15. The van der Waals surface area contributed by atoms with Crippen molar-refractivity contribution in [2.24, 2.45) is 0 Å². The SMILES string of the molecule is CNc1cc(=O)[nH]c(S)n1. The number of rotatable bonds is 1. The van der Waals surface area contributed by atoms with Crippen LogP contribution in [0.4, 0.5) is 5.82 Å². The molecule has 0 fully saturated rings. The lowest BCUT2D eigenvalue weighted by atomic mass is 10.6. The lowest BCUT2D eigenvalue weighted by Gasteiger charge is -1.96. The molecule has 0 bridgehead atoms. The van der Waals surface area contributed by atoms with Crippen molar-refractivity contribution in [3.05, 3.63) is 16.4 Å². The highest BCUT2D eigenvalue weighted by Gasteiger charge is 1.92. The number of H-pyrrole nitrogens is 1. The Kier molecular flexibility index (Phi) is 1.96. The van der Waals surface area contributed by atoms with Crippen molar-refractivity contribution in [3.8, 4) is 0 Å². The molecule has 1 aromatic heterocycles. The van der Waals surface area contributed by atoms with Crippen LogP contribution in [0.2, 0.25) is 0 Å². The molecule has 0 saturated heterocycles. The molecule has 5 heteroatoms. The molecule has 0 aliphatic heterocycles. The second kappa shape index (κ2) is 2.74. The Morgan fingerprint density at radius 2 is 2.50 bits per heavy atom. The van der Waals surface area contributed by atoms with Crippen LogP contribution >= 0.6 is 12.6 Å². The van der Waals surface area contributed by atoms with Crippen molar-refractivity contribution in [1.82, 2.24) is 9.97 Å². The summed E-state index contributed by atoms with van der Waals surface area (Å²) < 4.78 is 0. The quantitative estimate of drug-likeness (QED) is 0.400. The first-order chi connectivity index (χ1) is 4.72. The van der Waals surface area contributed by atoms with E-state index in [1.807, 2.05) is 0 Å². The van der Waals surface area contributed by atoms with Gasteiger partial charge >= 0.3 is 0 Å². The van der Waals surface area contributed by atoms with Crippen LogP contribution in [0.3, 0.4) is 0 Å². The zero-order chi connectivity index (χ0) is 7.56. The van der Waals surface area contributed by atoms with E-state index in [2.05, 4.69) is 27.9 Å². The molecule has 1 aromatic rings. The third-order valence-electron chi connectivity index (χ3n) is 0.985. The molecule has 1 rings (SSSR count). The first kappa shape index (κ1) is 7.14. The van der Waals surface area contributed by atoms with Gasteiger partial charge in [0.1, 0.15) is 5.82 Å². The first-order valence-electron chi connectivity index (χ1n) is 2.70. The largest absolute Gasteiger partial charge is 0.373 e. The fraction of sp³-hybridized carbons (Fsp3) is 0.200. The van der Waals surface area contributed by atoms with E-state index in [1.165, 1.54) is 6.07 Å². The summed E-state index contributed by atoms with van der Waals surface area (Å²) in [5.74, 6) is 0.522. The van der Waals surface area contributed by atoms with Gasteiger partial charge in [-0.3, -0.25) is 4.79 Å². The Hall–Kier alpha value is -0.970. The number of hydrogen-bond donors (Lipinski definition) is 3. The van der Waals surface area contributed by atoms with Gasteiger partial charge in [0, 0.05) is 13.1 Å². The smallest absolute Gasteiger partial charge is 0.253 e. The number of nitrogens with one attached hydrogen (secondary N) is 2. The molecule has 0 aliphatic carbocycles. The number of hydrogen-bond acceptors (Lipinski definition) is 4. The zero-order valence-corrected chi connectivity index (χ0v) is 6.27. The predicted octanol–water partition coefficient (Wildman–Crippen LogP) is 0.100. The van der Waals surface area contributed by atoms with Gasteiger partial charge in [-0.25, -0.2) is 4.98 Å². The van der Waals surface area contributed by atoms with Crippen molar-refractivity contribution >= 4 is 18.4 Å². The minimum absolute atomic E-state index is 0.204. The monoisotopic (exact) mass is 157 g/mol. The van der Waals surface area contributed by atoms with Crippen LogP contribution in [0.5, 0.6) is 0 Å². The van der Waals surface area contributed by atoms with Gasteiger partial charge in [0.05, 0.1) is 0 Å². The molecule has 0 unspecified atom stereocenters. The minimum atomic E-state index is -0.204. The van der Waals surface area contributed by atoms with Crippen molar-refractivity contribution in [3.63, 3.8) is 0 Å². The highest BCUT2D eigenvalue weighted by atomic mass is 32.1. The highest BCUT2D eigenvalue weighted by molar-refractivity contribution is 7.80. The Morgan fingerprint density at radius 3 is 3.00 bits per heavy atom. The summed E-state index contributed by atoms with van der Waals surface area (Å²) in [6, 6.07) is 1.36. The maximum absolute atomic E-state index is 10.7. The van der Waals surface area contributed by atoms with E-state index in [9.17, 15) is 4.79 Å². The molecule has 10 heavy (non-hydrogen) atoms. The lowest BCUT2D eigenvalue weighted by molar-refractivity contribution is 0.946. The van der Waals surface area contributed by atoms with Crippen molar-refractivity contribution in [2.45, 2.75) is 5.16 Å². The topological polar surface area (TPSA) is 57.8 Å². The normalized spacial score (nSPS) is 9.40. The average Bonchev–Trinajstić information content (AvgIpc) is 1.85. The average molecular weight is 157 g/mol. The van der Waals surface area contributed by atoms with E-state index >= 15 is 0 Å². The maximum atomic E-state index is 10.7. The van der Waals surface area contributed by atoms with Gasteiger partial charge < -0.3 is 10.3 Å². The fourth-order valence-electron chi connectivity index (χ4n) is 0.573. The second-order valence-corrected chi connectivity index (χ2v) is 2.13. The van der Waals surface area contributed by atoms with Gasteiger partial charge in [0.15, 0.2) is 5.16 Å². The molecule has 0 amide bonds. The van der Waals surface area contributed by atoms with E-state index in [0.717, 1.165) is 0 Å². The molecule has 54 valence electrons. The van der Waals surface area contributed by atoms with Crippen LogP contribution in [0.1, 0.15) is 0 Å². The third kappa shape index (κ3) is 1.51. The lowest BCUT2D eigenvalue weighted by Crippen LogP contribution is -2.08. The van der Waals surface area contributed by atoms with Gasteiger partial charge in [0.25, 0.3) is 5.56 Å². The zero-order valence-electron chi connectivity index (χ0n) is 5.38. The van der Waals surface area contributed by atoms with Crippen LogP contribution in [-0.4, -0.2) is 17.0 Å². The molecule has 0 radical (unpaired) electrons. The summed E-state index contributed by atoms with van der Waals surface area (Å²) in [6.45, 7) is 0. The van der Waals surface area contributed by atoms with E-state index in [0.29, 0.717) is 11.0 Å². The van der Waals surface area contributed by atoms with E-state index in [4.69, 9.17) is 0 Å². The number of aromatic nitrogens is 2. The van der Waals surface area contributed by atoms with Gasteiger partial charge in [-0.05, 0) is 0 Å². The van der Waals surface area contributed by atoms with Crippen LogP contribution < -0.4 is 10.9 Å². The van der Waals surface area contributed by atoms with Crippen LogP contribution in [0, 0.1) is 0 Å². The molecule has 0 aliphatic rings. The molecule has 0 spiro atoms. The minimum Gasteiger partial charge on any atom is -0.373 e. The Bertz CT molecular complexity index is 282. The van der Waals surface area contributed by atoms with Crippen LogP contribution in [-0.2, 0) is 0 Å². The molecule has 0 aromatic carbocycles. The van der Waals surface area contributed by atoms with E-state index in [1.54, 1.807) is 7.05 Å². The van der Waals surface area contributed by atoms with Gasteiger partial charge in [0.2, 0.25) is 0 Å². The molecule has 0 saturated carbocycles. The van der Waals surface area contributed by atoms with Crippen molar-refractivity contribution in [2.75, 3.05) is 12.4 Å². The van der Waals surface area contributed by atoms with E-state index in [-0.39, 0.29) is 5.56 Å². The van der Waals surface area contributed by atoms with Crippen LogP contribution in [0.25, 0.3) is 0 Å².